The highest BCUT2D eigenvalue weighted by atomic mass is 15.2. The molecular weight excluding hydrogens is 412 g/mol. The van der Waals surface area contributed by atoms with Crippen LogP contribution in [0.15, 0.2) is 121 Å². The fraction of sp³-hybridized carbons (Fsp3) is 0.250. The first-order chi connectivity index (χ1) is 16.7. The number of nitrogens with zero attached hydrogens (tertiary/aromatic N) is 2. The van der Waals surface area contributed by atoms with Crippen LogP contribution in [0, 0.1) is 0 Å². The molecule has 0 spiro atoms. The summed E-state index contributed by atoms with van der Waals surface area (Å²) in [6.07, 6.45) is 0. The molecule has 34 heavy (non-hydrogen) atoms. The molecule has 2 nitrogen and oxygen atoms in total. The van der Waals surface area contributed by atoms with Gasteiger partial charge in [0.05, 0.1) is 0 Å². The Bertz CT molecular complexity index is 990. The quantitative estimate of drug-likeness (QED) is 0.234. The topological polar surface area (TPSA) is 6.48 Å². The molecular formula is C32H36N2. The molecule has 0 aliphatic carbocycles. The summed E-state index contributed by atoms with van der Waals surface area (Å²) < 4.78 is 0. The van der Waals surface area contributed by atoms with Crippen molar-refractivity contribution in [3.8, 4) is 0 Å². The summed E-state index contributed by atoms with van der Waals surface area (Å²) in [7, 11) is 0. The first-order valence-electron chi connectivity index (χ1n) is 12.4. The Balaban J connectivity index is 1.55. The Morgan fingerprint density at radius 1 is 0.441 bits per heavy atom. The second-order valence-electron chi connectivity index (χ2n) is 9.09. The summed E-state index contributed by atoms with van der Waals surface area (Å²) in [5.41, 5.74) is 5.44. The Kier molecular flexibility index (Phi) is 8.67. The van der Waals surface area contributed by atoms with Crippen molar-refractivity contribution < 1.29 is 0 Å². The van der Waals surface area contributed by atoms with E-state index in [9.17, 15) is 0 Å². The number of benzene rings is 4. The molecule has 0 saturated carbocycles. The summed E-state index contributed by atoms with van der Waals surface area (Å²) in [4.78, 5) is 5.22. The van der Waals surface area contributed by atoms with Gasteiger partial charge in [0.1, 0.15) is 0 Å². The van der Waals surface area contributed by atoms with E-state index in [0.29, 0.717) is 12.1 Å². The first kappa shape index (κ1) is 23.9. The molecule has 0 unspecified atom stereocenters. The lowest BCUT2D eigenvalue weighted by atomic mass is 10.0. The van der Waals surface area contributed by atoms with Crippen LogP contribution in [-0.2, 0) is 13.1 Å². The van der Waals surface area contributed by atoms with Gasteiger partial charge in [-0.25, -0.2) is 0 Å². The molecule has 0 N–H and O–H groups in total. The van der Waals surface area contributed by atoms with Crippen molar-refractivity contribution in [1.29, 1.82) is 0 Å². The lowest BCUT2D eigenvalue weighted by Gasteiger charge is -2.35. The summed E-state index contributed by atoms with van der Waals surface area (Å²) in [6, 6.07) is 44.1. The summed E-state index contributed by atoms with van der Waals surface area (Å²) >= 11 is 0. The van der Waals surface area contributed by atoms with E-state index in [1.54, 1.807) is 0 Å². The molecule has 0 bridgehead atoms. The smallest absolute Gasteiger partial charge is 0.0323 e. The second-order valence-corrected chi connectivity index (χ2v) is 9.09. The minimum atomic E-state index is 0.340. The lowest BCUT2D eigenvalue weighted by molar-refractivity contribution is 0.134. The van der Waals surface area contributed by atoms with E-state index in [-0.39, 0.29) is 0 Å². The summed E-state index contributed by atoms with van der Waals surface area (Å²) in [6.45, 7) is 8.54. The SMILES string of the molecule is C[C@@H](c1ccccc1)N(CCN(Cc1ccccc1)[C@@H](C)c1ccccc1)Cc1ccccc1. The highest BCUT2D eigenvalue weighted by Crippen LogP contribution is 2.25. The molecule has 2 heteroatoms. The van der Waals surface area contributed by atoms with Gasteiger partial charge in [-0.05, 0) is 36.1 Å². The van der Waals surface area contributed by atoms with Crippen LogP contribution in [0.25, 0.3) is 0 Å². The van der Waals surface area contributed by atoms with Crippen LogP contribution in [0.5, 0.6) is 0 Å². The van der Waals surface area contributed by atoms with Crippen molar-refractivity contribution in [1.82, 2.24) is 9.80 Å². The molecule has 4 aromatic carbocycles. The van der Waals surface area contributed by atoms with E-state index in [2.05, 4.69) is 145 Å². The van der Waals surface area contributed by atoms with Crippen LogP contribution in [0.4, 0.5) is 0 Å². The predicted octanol–water partition coefficient (Wildman–Crippen LogP) is 7.51. The summed E-state index contributed by atoms with van der Waals surface area (Å²) in [5, 5.41) is 0. The standard InChI is InChI=1S/C32H36N2/c1-27(31-19-11-5-12-20-31)33(25-29-15-7-3-8-16-29)23-24-34(26-30-17-9-4-10-18-30)28(2)32-21-13-6-14-22-32/h3-22,27-28H,23-26H2,1-2H3/t27-,28-/m0/s1. The molecule has 0 radical (unpaired) electrons. The largest absolute Gasteiger partial charge is 0.291 e. The highest BCUT2D eigenvalue weighted by Gasteiger charge is 2.21. The Labute approximate surface area is 205 Å². The maximum atomic E-state index is 2.61. The third-order valence-corrected chi connectivity index (χ3v) is 6.79. The van der Waals surface area contributed by atoms with Gasteiger partial charge in [0.2, 0.25) is 0 Å². The van der Waals surface area contributed by atoms with Gasteiger partial charge in [-0.3, -0.25) is 9.80 Å². The van der Waals surface area contributed by atoms with Crippen molar-refractivity contribution in [3.05, 3.63) is 144 Å². The van der Waals surface area contributed by atoms with Gasteiger partial charge in [0.15, 0.2) is 0 Å². The monoisotopic (exact) mass is 448 g/mol. The van der Waals surface area contributed by atoms with Crippen molar-refractivity contribution in [2.75, 3.05) is 13.1 Å². The van der Waals surface area contributed by atoms with E-state index in [1.807, 2.05) is 0 Å². The average molecular weight is 449 g/mol. The van der Waals surface area contributed by atoms with Crippen molar-refractivity contribution in [2.24, 2.45) is 0 Å². The summed E-state index contributed by atoms with van der Waals surface area (Å²) in [5.74, 6) is 0. The van der Waals surface area contributed by atoms with Gasteiger partial charge in [-0.2, -0.15) is 0 Å². The van der Waals surface area contributed by atoms with Crippen molar-refractivity contribution in [3.63, 3.8) is 0 Å². The molecule has 0 aliphatic heterocycles. The van der Waals surface area contributed by atoms with Crippen molar-refractivity contribution >= 4 is 0 Å². The van der Waals surface area contributed by atoms with Crippen LogP contribution in [0.2, 0.25) is 0 Å². The zero-order chi connectivity index (χ0) is 23.6. The molecule has 0 amide bonds. The van der Waals surface area contributed by atoms with Gasteiger partial charge in [-0.15, -0.1) is 0 Å². The molecule has 0 aliphatic rings. The Hall–Kier alpha value is -3.20. The van der Waals surface area contributed by atoms with E-state index in [4.69, 9.17) is 0 Å². The zero-order valence-corrected chi connectivity index (χ0v) is 20.4. The van der Waals surface area contributed by atoms with E-state index in [1.165, 1.54) is 22.3 Å². The third kappa shape index (κ3) is 6.66. The molecule has 4 rings (SSSR count). The Morgan fingerprint density at radius 2 is 0.735 bits per heavy atom. The van der Waals surface area contributed by atoms with Crippen molar-refractivity contribution in [2.45, 2.75) is 39.0 Å². The van der Waals surface area contributed by atoms with E-state index in [0.717, 1.165) is 26.2 Å². The van der Waals surface area contributed by atoms with Gasteiger partial charge < -0.3 is 0 Å². The van der Waals surface area contributed by atoms with E-state index < -0.39 is 0 Å². The molecule has 174 valence electrons. The number of hydrogen-bond donors (Lipinski definition) is 0. The zero-order valence-electron chi connectivity index (χ0n) is 20.4. The molecule has 0 saturated heterocycles. The maximum Gasteiger partial charge on any atom is 0.0323 e. The van der Waals surface area contributed by atoms with Gasteiger partial charge >= 0.3 is 0 Å². The van der Waals surface area contributed by atoms with Crippen LogP contribution < -0.4 is 0 Å². The lowest BCUT2D eigenvalue weighted by Crippen LogP contribution is -2.37. The van der Waals surface area contributed by atoms with Crippen LogP contribution in [0.3, 0.4) is 0 Å². The van der Waals surface area contributed by atoms with Gasteiger partial charge in [0, 0.05) is 38.3 Å². The van der Waals surface area contributed by atoms with Gasteiger partial charge in [0.25, 0.3) is 0 Å². The normalized spacial score (nSPS) is 13.2. The predicted molar refractivity (Wildman–Crippen MR) is 143 cm³/mol. The highest BCUT2D eigenvalue weighted by molar-refractivity contribution is 5.22. The minimum absolute atomic E-state index is 0.340. The minimum Gasteiger partial charge on any atom is -0.291 e. The number of hydrogen-bond acceptors (Lipinski definition) is 2. The van der Waals surface area contributed by atoms with E-state index >= 15 is 0 Å². The molecule has 0 aromatic heterocycles. The molecule has 2 atom stereocenters. The average Bonchev–Trinajstić information content (AvgIpc) is 2.91. The number of rotatable bonds is 11. The van der Waals surface area contributed by atoms with Gasteiger partial charge in [-0.1, -0.05) is 121 Å². The van der Waals surface area contributed by atoms with Crippen LogP contribution >= 0.6 is 0 Å². The fourth-order valence-corrected chi connectivity index (χ4v) is 4.60. The Morgan fingerprint density at radius 3 is 1.06 bits per heavy atom. The third-order valence-electron chi connectivity index (χ3n) is 6.79. The van der Waals surface area contributed by atoms with Crippen LogP contribution in [-0.4, -0.2) is 22.9 Å². The maximum absolute atomic E-state index is 2.61. The fourth-order valence-electron chi connectivity index (χ4n) is 4.60. The second kappa shape index (κ2) is 12.3. The first-order valence-corrected chi connectivity index (χ1v) is 12.4. The molecule has 0 fully saturated rings. The molecule has 0 heterocycles. The van der Waals surface area contributed by atoms with Crippen LogP contribution in [0.1, 0.15) is 48.2 Å². The molecule has 4 aromatic rings.